The Morgan fingerprint density at radius 3 is 2.78 bits per heavy atom. The first-order valence-electron chi connectivity index (χ1n) is 9.74. The van der Waals surface area contributed by atoms with Crippen molar-refractivity contribution >= 4 is 39.8 Å². The quantitative estimate of drug-likeness (QED) is 0.563. The number of aryl methyl sites for hydroxylation is 2. The van der Waals surface area contributed by atoms with E-state index in [-0.39, 0.29) is 26.5 Å². The Kier molecular flexibility index (Phi) is 6.85. The van der Waals surface area contributed by atoms with Crippen LogP contribution in [0.25, 0.3) is 0 Å². The van der Waals surface area contributed by atoms with Gasteiger partial charge in [-0.3, -0.25) is 9.83 Å². The molecule has 166 valence electrons. The van der Waals surface area contributed by atoms with Gasteiger partial charge >= 0.3 is 0 Å². The van der Waals surface area contributed by atoms with E-state index < -0.39 is 16.6 Å². The van der Waals surface area contributed by atoms with E-state index in [1.54, 1.807) is 6.92 Å². The van der Waals surface area contributed by atoms with Crippen LogP contribution < -0.4 is 5.48 Å². The largest absolute Gasteiger partial charge is 0.272 e. The molecule has 0 fully saturated rings. The van der Waals surface area contributed by atoms with Crippen molar-refractivity contribution in [2.24, 2.45) is 4.99 Å². The molecule has 2 atom stereocenters. The lowest BCUT2D eigenvalue weighted by Gasteiger charge is -2.23. The maximum atomic E-state index is 14.5. The fraction of sp³-hybridized carbons (Fsp3) is 0.227. The second-order valence-corrected chi connectivity index (χ2v) is 9.53. The van der Waals surface area contributed by atoms with E-state index >= 15 is 0 Å². The van der Waals surface area contributed by atoms with E-state index in [4.69, 9.17) is 33.0 Å². The van der Waals surface area contributed by atoms with E-state index in [1.807, 2.05) is 25.1 Å². The summed E-state index contributed by atoms with van der Waals surface area (Å²) in [5, 5.41) is 0.549. The van der Waals surface area contributed by atoms with Crippen LogP contribution in [0, 0.1) is 19.7 Å². The van der Waals surface area contributed by atoms with Crippen LogP contribution in [0.5, 0.6) is 0 Å². The molecule has 0 bridgehead atoms. The number of nitrogens with one attached hydrogen (secondary N) is 1. The number of halogens is 3. The second kappa shape index (κ2) is 9.62. The summed E-state index contributed by atoms with van der Waals surface area (Å²) in [5.41, 5.74) is 5.04. The molecule has 0 saturated heterocycles. The maximum Gasteiger partial charge on any atom is 0.173 e. The van der Waals surface area contributed by atoms with Crippen LogP contribution in [0.3, 0.4) is 0 Å². The first-order chi connectivity index (χ1) is 15.3. The third-order valence-electron chi connectivity index (χ3n) is 4.84. The molecule has 0 radical (unpaired) electrons. The summed E-state index contributed by atoms with van der Waals surface area (Å²) < 4.78 is 27.7. The maximum absolute atomic E-state index is 14.5. The molecular formula is C22H19Cl2FN4O2S. The average molecular weight is 493 g/mol. The van der Waals surface area contributed by atoms with Gasteiger partial charge in [0.2, 0.25) is 0 Å². The molecule has 2 heterocycles. The van der Waals surface area contributed by atoms with Gasteiger partial charge < -0.3 is 0 Å². The van der Waals surface area contributed by atoms with Crippen molar-refractivity contribution < 1.29 is 13.4 Å². The fourth-order valence-corrected chi connectivity index (χ4v) is 4.97. The summed E-state index contributed by atoms with van der Waals surface area (Å²) in [6, 6.07) is 9.95. The summed E-state index contributed by atoms with van der Waals surface area (Å²) in [6.45, 7) is 3.99. The molecule has 0 saturated carbocycles. The fourth-order valence-electron chi connectivity index (χ4n) is 3.25. The van der Waals surface area contributed by atoms with Gasteiger partial charge in [0.15, 0.2) is 11.7 Å². The monoisotopic (exact) mass is 492 g/mol. The molecule has 10 heteroatoms. The van der Waals surface area contributed by atoms with Crippen LogP contribution >= 0.6 is 23.2 Å². The topological polar surface area (TPSA) is 76.5 Å². The molecule has 1 N–H and O–H groups in total. The Balaban J connectivity index is 1.70. The van der Waals surface area contributed by atoms with Crippen LogP contribution in [-0.2, 0) is 22.1 Å². The van der Waals surface area contributed by atoms with Gasteiger partial charge in [-0.2, -0.15) is 0 Å². The Morgan fingerprint density at radius 2 is 2.00 bits per heavy atom. The summed E-state index contributed by atoms with van der Waals surface area (Å²) >= 11 is 12.2. The highest BCUT2D eigenvalue weighted by molar-refractivity contribution is 7.85. The lowest BCUT2D eigenvalue weighted by atomic mass is 10.0. The number of benzene rings is 2. The third kappa shape index (κ3) is 4.83. The summed E-state index contributed by atoms with van der Waals surface area (Å²) in [6.07, 6.45) is 1.95. The Labute approximate surface area is 197 Å². The van der Waals surface area contributed by atoms with Crippen LogP contribution in [0.15, 0.2) is 57.4 Å². The standard InChI is InChI=1S/C22H19Cl2FN4O2S/c1-12-6-7-14(17(24)8-12)9-15-11-31-29-22(28-15)21-19(10-26-13(2)27-21)32(30)18-5-3-4-16(23)20(18)25/h3-8,10,15H,9,11H2,1-2H3,(H,28,29). The minimum atomic E-state index is -1.93. The van der Waals surface area contributed by atoms with E-state index in [1.165, 1.54) is 24.4 Å². The zero-order chi connectivity index (χ0) is 22.8. The van der Waals surface area contributed by atoms with Crippen molar-refractivity contribution in [2.45, 2.75) is 36.1 Å². The average Bonchev–Trinajstić information content (AvgIpc) is 2.77. The van der Waals surface area contributed by atoms with Gasteiger partial charge in [0.05, 0.1) is 38.3 Å². The molecule has 1 aromatic heterocycles. The van der Waals surface area contributed by atoms with Crippen molar-refractivity contribution in [3.8, 4) is 0 Å². The highest BCUT2D eigenvalue weighted by Crippen LogP contribution is 2.27. The first kappa shape index (κ1) is 22.8. The smallest absolute Gasteiger partial charge is 0.173 e. The summed E-state index contributed by atoms with van der Waals surface area (Å²) in [4.78, 5) is 18.9. The molecule has 4 rings (SSSR count). The van der Waals surface area contributed by atoms with Gasteiger partial charge in [0.1, 0.15) is 11.5 Å². The minimum Gasteiger partial charge on any atom is -0.272 e. The Bertz CT molecular complexity index is 1240. The molecule has 0 spiro atoms. The van der Waals surface area contributed by atoms with Crippen molar-refractivity contribution in [3.63, 3.8) is 0 Å². The van der Waals surface area contributed by atoms with Crippen molar-refractivity contribution in [1.82, 2.24) is 15.4 Å². The normalized spacial score (nSPS) is 16.9. The van der Waals surface area contributed by atoms with Crippen molar-refractivity contribution in [3.05, 3.63) is 81.1 Å². The van der Waals surface area contributed by atoms with Crippen LogP contribution in [-0.4, -0.2) is 32.7 Å². The SMILES string of the molecule is Cc1ccc(CC2CONC(c3nc(C)ncc3S(=O)c3cccc(Cl)c3F)=N2)c(Cl)c1. The molecule has 0 amide bonds. The van der Waals surface area contributed by atoms with E-state index in [0.717, 1.165) is 11.1 Å². The number of hydrogen-bond acceptors (Lipinski definition) is 6. The predicted molar refractivity (Wildman–Crippen MR) is 122 cm³/mol. The third-order valence-corrected chi connectivity index (χ3v) is 6.89. The van der Waals surface area contributed by atoms with Gasteiger partial charge in [0.25, 0.3) is 0 Å². The zero-order valence-corrected chi connectivity index (χ0v) is 19.6. The minimum absolute atomic E-state index is 0.0634. The molecule has 6 nitrogen and oxygen atoms in total. The molecule has 0 aliphatic carbocycles. The van der Waals surface area contributed by atoms with Gasteiger partial charge in [-0.25, -0.2) is 24.0 Å². The lowest BCUT2D eigenvalue weighted by Crippen LogP contribution is -2.38. The molecule has 32 heavy (non-hydrogen) atoms. The van der Waals surface area contributed by atoms with Gasteiger partial charge in [-0.15, -0.1) is 0 Å². The molecular weight excluding hydrogens is 474 g/mol. The number of amidine groups is 1. The van der Waals surface area contributed by atoms with Gasteiger partial charge in [0, 0.05) is 11.2 Å². The van der Waals surface area contributed by atoms with Crippen LogP contribution in [0.4, 0.5) is 4.39 Å². The molecule has 1 aliphatic heterocycles. The summed E-state index contributed by atoms with van der Waals surface area (Å²) in [5.74, 6) is -0.0120. The van der Waals surface area contributed by atoms with Crippen LogP contribution in [0.2, 0.25) is 10.0 Å². The molecule has 1 aliphatic rings. The Morgan fingerprint density at radius 1 is 1.19 bits per heavy atom. The van der Waals surface area contributed by atoms with Gasteiger partial charge in [-0.1, -0.05) is 41.4 Å². The number of aliphatic imine (C=N–C) groups is 1. The number of hydrogen-bond donors (Lipinski definition) is 1. The van der Waals surface area contributed by atoms with Gasteiger partial charge in [-0.05, 0) is 49.6 Å². The predicted octanol–water partition coefficient (Wildman–Crippen LogP) is 4.60. The van der Waals surface area contributed by atoms with E-state index in [0.29, 0.717) is 29.7 Å². The number of rotatable bonds is 5. The number of aromatic nitrogens is 2. The molecule has 3 aromatic rings. The summed E-state index contributed by atoms with van der Waals surface area (Å²) in [7, 11) is -1.93. The zero-order valence-electron chi connectivity index (χ0n) is 17.2. The number of hydroxylamine groups is 1. The van der Waals surface area contributed by atoms with Crippen LogP contribution in [0.1, 0.15) is 22.6 Å². The lowest BCUT2D eigenvalue weighted by molar-refractivity contribution is 0.0621. The van der Waals surface area contributed by atoms with E-state index in [9.17, 15) is 8.60 Å². The van der Waals surface area contributed by atoms with E-state index in [2.05, 4.69) is 15.4 Å². The van der Waals surface area contributed by atoms with Crippen molar-refractivity contribution in [1.29, 1.82) is 0 Å². The second-order valence-electron chi connectivity index (χ2n) is 7.29. The first-order valence-corrected chi connectivity index (χ1v) is 11.6. The van der Waals surface area contributed by atoms with Crippen molar-refractivity contribution in [2.75, 3.05) is 6.61 Å². The highest BCUT2D eigenvalue weighted by Gasteiger charge is 2.25. The molecule has 2 unspecified atom stereocenters. The molecule has 2 aromatic carbocycles. The Hall–Kier alpha value is -2.39. The number of nitrogens with zero attached hydrogens (tertiary/aromatic N) is 3. The highest BCUT2D eigenvalue weighted by atomic mass is 35.5.